The van der Waals surface area contributed by atoms with Crippen LogP contribution >= 0.6 is 0 Å². The SMILES string of the molecule is C=CC(=O)Nc1cc(Nc2cn3c(-c4cccc(F)c4)nnc3cn2)ccc1OC1CCN(C)C1. The van der Waals surface area contributed by atoms with Crippen LogP contribution in [0.5, 0.6) is 5.75 Å². The minimum absolute atomic E-state index is 0.0530. The molecule has 1 aliphatic rings. The van der Waals surface area contributed by atoms with E-state index in [-0.39, 0.29) is 17.8 Å². The highest BCUT2D eigenvalue weighted by atomic mass is 19.1. The number of nitrogens with one attached hydrogen (secondary N) is 2. The van der Waals surface area contributed by atoms with Crippen molar-refractivity contribution in [2.45, 2.75) is 12.5 Å². The normalized spacial score (nSPS) is 15.8. The van der Waals surface area contributed by atoms with E-state index in [1.54, 1.807) is 35.0 Å². The van der Waals surface area contributed by atoms with Crippen molar-refractivity contribution in [3.05, 3.63) is 73.3 Å². The number of likely N-dealkylation sites (N-methyl/N-ethyl adjacent to an activating group) is 1. The number of fused-ring (bicyclic) bond motifs is 1. The van der Waals surface area contributed by atoms with Gasteiger partial charge in [-0.2, -0.15) is 0 Å². The van der Waals surface area contributed by atoms with Crippen molar-refractivity contribution in [1.29, 1.82) is 0 Å². The van der Waals surface area contributed by atoms with Gasteiger partial charge in [0.2, 0.25) is 5.91 Å². The van der Waals surface area contributed by atoms with Crippen LogP contribution in [0.4, 0.5) is 21.6 Å². The van der Waals surface area contributed by atoms with Crippen molar-refractivity contribution < 1.29 is 13.9 Å². The summed E-state index contributed by atoms with van der Waals surface area (Å²) in [4.78, 5) is 18.6. The van der Waals surface area contributed by atoms with E-state index in [9.17, 15) is 9.18 Å². The number of hydrogen-bond donors (Lipinski definition) is 2. The highest BCUT2D eigenvalue weighted by Crippen LogP contribution is 2.32. The number of halogens is 1. The van der Waals surface area contributed by atoms with E-state index in [1.165, 1.54) is 18.2 Å². The third kappa shape index (κ3) is 4.97. The fraction of sp³-hybridized carbons (Fsp3) is 0.200. The van der Waals surface area contributed by atoms with Crippen LogP contribution in [-0.2, 0) is 4.79 Å². The van der Waals surface area contributed by atoms with Gasteiger partial charge in [-0.3, -0.25) is 9.20 Å². The molecule has 1 fully saturated rings. The number of anilines is 3. The topological polar surface area (TPSA) is 96.7 Å². The van der Waals surface area contributed by atoms with E-state index in [1.807, 2.05) is 12.1 Å². The van der Waals surface area contributed by atoms with Gasteiger partial charge in [0.05, 0.1) is 18.1 Å². The van der Waals surface area contributed by atoms with Crippen LogP contribution in [0.1, 0.15) is 6.42 Å². The summed E-state index contributed by atoms with van der Waals surface area (Å²) in [6, 6.07) is 11.6. The zero-order chi connectivity index (χ0) is 24.4. The van der Waals surface area contributed by atoms with Crippen molar-refractivity contribution in [2.24, 2.45) is 0 Å². The first kappa shape index (κ1) is 22.5. The number of benzene rings is 2. The number of ether oxygens (including phenoxy) is 1. The van der Waals surface area contributed by atoms with E-state index in [0.717, 1.165) is 19.5 Å². The summed E-state index contributed by atoms with van der Waals surface area (Å²) in [6.45, 7) is 5.32. The zero-order valence-electron chi connectivity index (χ0n) is 19.1. The molecule has 9 nitrogen and oxygen atoms in total. The van der Waals surface area contributed by atoms with Crippen LogP contribution in [0.2, 0.25) is 0 Å². The van der Waals surface area contributed by atoms with Gasteiger partial charge in [0.1, 0.15) is 23.5 Å². The summed E-state index contributed by atoms with van der Waals surface area (Å²) >= 11 is 0. The largest absolute Gasteiger partial charge is 0.487 e. The predicted octanol–water partition coefficient (Wildman–Crippen LogP) is 3.88. The first-order chi connectivity index (χ1) is 17.0. The molecule has 2 aromatic heterocycles. The number of amides is 1. The Morgan fingerprint density at radius 3 is 2.91 bits per heavy atom. The molecule has 1 saturated heterocycles. The van der Waals surface area contributed by atoms with Crippen LogP contribution in [0.3, 0.4) is 0 Å². The lowest BCUT2D eigenvalue weighted by Gasteiger charge is -2.18. The lowest BCUT2D eigenvalue weighted by Crippen LogP contribution is -2.22. The van der Waals surface area contributed by atoms with Gasteiger partial charge in [-0.1, -0.05) is 18.7 Å². The molecule has 0 aliphatic carbocycles. The van der Waals surface area contributed by atoms with Crippen molar-refractivity contribution >= 4 is 28.7 Å². The number of nitrogens with zero attached hydrogens (tertiary/aromatic N) is 5. The Labute approximate surface area is 201 Å². The van der Waals surface area contributed by atoms with Crippen LogP contribution < -0.4 is 15.4 Å². The van der Waals surface area contributed by atoms with Gasteiger partial charge in [0.15, 0.2) is 11.5 Å². The monoisotopic (exact) mass is 473 g/mol. The standard InChI is InChI=1S/C25H24FN7O2/c1-3-24(34)29-20-12-18(7-8-21(20)35-19-9-10-32(2)14-19)28-22-15-33-23(13-27-22)30-31-25(33)16-5-4-6-17(26)11-16/h3-8,11-13,15,19,28H,1,9-10,14H2,2H3,(H,29,34). The molecule has 4 aromatic rings. The molecule has 35 heavy (non-hydrogen) atoms. The second kappa shape index (κ2) is 9.51. The van der Waals surface area contributed by atoms with Crippen molar-refractivity contribution in [1.82, 2.24) is 24.5 Å². The van der Waals surface area contributed by atoms with Gasteiger partial charge in [0, 0.05) is 24.3 Å². The summed E-state index contributed by atoms with van der Waals surface area (Å²) in [6.07, 6.45) is 5.49. The molecule has 10 heteroatoms. The minimum Gasteiger partial charge on any atom is -0.487 e. The first-order valence-electron chi connectivity index (χ1n) is 11.1. The molecular weight excluding hydrogens is 449 g/mol. The highest BCUT2D eigenvalue weighted by Gasteiger charge is 2.22. The summed E-state index contributed by atoms with van der Waals surface area (Å²) < 4.78 is 21.6. The Hall–Kier alpha value is -4.31. The van der Waals surface area contributed by atoms with Crippen LogP contribution in [0.15, 0.2) is 67.5 Å². The molecule has 0 bridgehead atoms. The molecule has 1 atom stereocenters. The van der Waals surface area contributed by atoms with Crippen LogP contribution in [-0.4, -0.2) is 56.6 Å². The third-order valence-electron chi connectivity index (χ3n) is 5.71. The maximum atomic E-state index is 13.7. The number of hydrogen-bond acceptors (Lipinski definition) is 7. The number of aromatic nitrogens is 4. The molecule has 2 N–H and O–H groups in total. The van der Waals surface area contributed by atoms with Crippen molar-refractivity contribution in [2.75, 3.05) is 30.8 Å². The van der Waals surface area contributed by atoms with Gasteiger partial charge in [-0.05, 0) is 49.9 Å². The van der Waals surface area contributed by atoms with Gasteiger partial charge in [-0.25, -0.2) is 9.37 Å². The van der Waals surface area contributed by atoms with Gasteiger partial charge in [-0.15, -0.1) is 10.2 Å². The summed E-state index contributed by atoms with van der Waals surface area (Å²) in [5.74, 6) is 0.907. The second-order valence-electron chi connectivity index (χ2n) is 8.35. The van der Waals surface area contributed by atoms with Crippen molar-refractivity contribution in [3.63, 3.8) is 0 Å². The molecule has 3 heterocycles. The lowest BCUT2D eigenvalue weighted by atomic mass is 10.2. The molecule has 0 spiro atoms. The molecule has 1 unspecified atom stereocenters. The van der Waals surface area contributed by atoms with Gasteiger partial charge in [0.25, 0.3) is 0 Å². The number of carbonyl (C=O) groups is 1. The molecule has 178 valence electrons. The van der Waals surface area contributed by atoms with E-state index >= 15 is 0 Å². The molecule has 1 aliphatic heterocycles. The van der Waals surface area contributed by atoms with Gasteiger partial charge < -0.3 is 20.3 Å². The van der Waals surface area contributed by atoms with E-state index in [4.69, 9.17) is 4.74 Å². The van der Waals surface area contributed by atoms with Crippen LogP contribution in [0.25, 0.3) is 17.0 Å². The molecular formula is C25H24FN7O2. The fourth-order valence-corrected chi connectivity index (χ4v) is 4.00. The average Bonchev–Trinajstić information content (AvgIpc) is 3.46. The predicted molar refractivity (Wildman–Crippen MR) is 131 cm³/mol. The maximum absolute atomic E-state index is 13.7. The van der Waals surface area contributed by atoms with Crippen molar-refractivity contribution in [3.8, 4) is 17.1 Å². The first-order valence-corrected chi connectivity index (χ1v) is 11.1. The third-order valence-corrected chi connectivity index (χ3v) is 5.71. The minimum atomic E-state index is -0.354. The molecule has 0 radical (unpaired) electrons. The van der Waals surface area contributed by atoms with Gasteiger partial charge >= 0.3 is 0 Å². The Bertz CT molecular complexity index is 1400. The quantitative estimate of drug-likeness (QED) is 0.393. The summed E-state index contributed by atoms with van der Waals surface area (Å²) in [5.41, 5.74) is 2.34. The Morgan fingerprint density at radius 1 is 1.26 bits per heavy atom. The molecule has 0 saturated carbocycles. The highest BCUT2D eigenvalue weighted by molar-refractivity contribution is 6.00. The average molecular weight is 474 g/mol. The molecule has 5 rings (SSSR count). The smallest absolute Gasteiger partial charge is 0.247 e. The summed E-state index contributed by atoms with van der Waals surface area (Å²) in [5, 5.41) is 14.3. The van der Waals surface area contributed by atoms with Crippen LogP contribution in [0, 0.1) is 5.82 Å². The fourth-order valence-electron chi connectivity index (χ4n) is 4.00. The molecule has 2 aromatic carbocycles. The lowest BCUT2D eigenvalue weighted by molar-refractivity contribution is -0.111. The zero-order valence-corrected chi connectivity index (χ0v) is 19.1. The van der Waals surface area contributed by atoms with E-state index in [2.05, 4.69) is 44.3 Å². The Morgan fingerprint density at radius 2 is 2.14 bits per heavy atom. The molecule has 1 amide bonds. The maximum Gasteiger partial charge on any atom is 0.247 e. The second-order valence-corrected chi connectivity index (χ2v) is 8.35. The Kier molecular flexibility index (Phi) is 6.11. The number of carbonyl (C=O) groups excluding carboxylic acids is 1. The number of rotatable bonds is 7. The summed E-state index contributed by atoms with van der Waals surface area (Å²) in [7, 11) is 2.05. The van der Waals surface area contributed by atoms with E-state index < -0.39 is 0 Å². The van der Waals surface area contributed by atoms with E-state index in [0.29, 0.717) is 40.0 Å². The Balaban J connectivity index is 1.43. The number of likely N-dealkylation sites (tertiary alicyclic amines) is 1.